The van der Waals surface area contributed by atoms with Crippen LogP contribution in [0.3, 0.4) is 0 Å². The molecule has 0 spiro atoms. The molecule has 3 heteroatoms. The lowest BCUT2D eigenvalue weighted by atomic mass is 9.85. The molecule has 1 fully saturated rings. The molecule has 1 aliphatic rings. The average Bonchev–Trinajstić information content (AvgIpc) is 1.97. The number of hydrogen-bond acceptors (Lipinski definition) is 3. The largest absolute Gasteiger partial charge is 0.387 e. The molecule has 1 saturated carbocycles. The predicted molar refractivity (Wildman–Crippen MR) is 40.3 cm³/mol. The van der Waals surface area contributed by atoms with Crippen molar-refractivity contribution in [1.82, 2.24) is 0 Å². The Balaban J connectivity index is 2.41. The number of carbonyl (C=O) groups is 1. The highest BCUT2D eigenvalue weighted by Crippen LogP contribution is 2.25. The second kappa shape index (κ2) is 3.32. The maximum absolute atomic E-state index is 10.8. The van der Waals surface area contributed by atoms with Gasteiger partial charge in [-0.2, -0.15) is 0 Å². The maximum atomic E-state index is 10.8. The molecule has 1 aliphatic carbocycles. The topological polar surface area (TPSA) is 46.5 Å². The number of Topliss-reactive ketones (excluding diaryl/α,β-unsaturated/α-hetero) is 1. The SMILES string of the molecule is COCC1(O)CCC(=O)CC1. The number of hydrogen-bond donors (Lipinski definition) is 1. The summed E-state index contributed by atoms with van der Waals surface area (Å²) in [6.07, 6.45) is 2.11. The zero-order chi connectivity index (χ0) is 8.32. The van der Waals surface area contributed by atoms with Crippen molar-refractivity contribution in [2.45, 2.75) is 31.3 Å². The number of rotatable bonds is 2. The molecule has 3 nitrogen and oxygen atoms in total. The molecule has 0 aromatic carbocycles. The van der Waals surface area contributed by atoms with Gasteiger partial charge in [-0.25, -0.2) is 0 Å². The van der Waals surface area contributed by atoms with Gasteiger partial charge in [0.05, 0.1) is 12.2 Å². The molecule has 1 rings (SSSR count). The van der Waals surface area contributed by atoms with Crippen molar-refractivity contribution in [3.8, 4) is 0 Å². The van der Waals surface area contributed by atoms with Crippen molar-refractivity contribution in [2.75, 3.05) is 13.7 Å². The van der Waals surface area contributed by atoms with Gasteiger partial charge in [-0.15, -0.1) is 0 Å². The first-order valence-corrected chi connectivity index (χ1v) is 3.89. The third-order valence-corrected chi connectivity index (χ3v) is 2.15. The fourth-order valence-electron chi connectivity index (χ4n) is 1.41. The minimum atomic E-state index is -0.733. The van der Waals surface area contributed by atoms with Gasteiger partial charge in [0.1, 0.15) is 5.78 Å². The van der Waals surface area contributed by atoms with E-state index in [-0.39, 0.29) is 5.78 Å². The van der Waals surface area contributed by atoms with E-state index in [1.54, 1.807) is 7.11 Å². The highest BCUT2D eigenvalue weighted by atomic mass is 16.5. The summed E-state index contributed by atoms with van der Waals surface area (Å²) < 4.78 is 4.86. The molecule has 0 aliphatic heterocycles. The predicted octanol–water partition coefficient (Wildman–Crippen LogP) is 0.507. The molecule has 0 bridgehead atoms. The average molecular weight is 158 g/mol. The lowest BCUT2D eigenvalue weighted by Gasteiger charge is -2.30. The van der Waals surface area contributed by atoms with Crippen molar-refractivity contribution < 1.29 is 14.6 Å². The molecule has 0 saturated heterocycles. The van der Waals surface area contributed by atoms with Crippen LogP contribution < -0.4 is 0 Å². The summed E-state index contributed by atoms with van der Waals surface area (Å²) in [6.45, 7) is 0.347. The molecule has 11 heavy (non-hydrogen) atoms. The van der Waals surface area contributed by atoms with Crippen molar-refractivity contribution in [1.29, 1.82) is 0 Å². The molecule has 0 aromatic rings. The molecule has 64 valence electrons. The van der Waals surface area contributed by atoms with Crippen molar-refractivity contribution in [2.24, 2.45) is 0 Å². The second-order valence-corrected chi connectivity index (χ2v) is 3.20. The number of ketones is 1. The lowest BCUT2D eigenvalue weighted by molar-refractivity contribution is -0.128. The van der Waals surface area contributed by atoms with E-state index in [0.717, 1.165) is 0 Å². The summed E-state index contributed by atoms with van der Waals surface area (Å²) in [5, 5.41) is 9.71. The van der Waals surface area contributed by atoms with Gasteiger partial charge in [0, 0.05) is 20.0 Å². The third kappa shape index (κ3) is 2.27. The second-order valence-electron chi connectivity index (χ2n) is 3.20. The smallest absolute Gasteiger partial charge is 0.133 e. The van der Waals surface area contributed by atoms with Gasteiger partial charge >= 0.3 is 0 Å². The minimum Gasteiger partial charge on any atom is -0.387 e. The standard InChI is InChI=1S/C8H14O3/c1-11-6-8(10)4-2-7(9)3-5-8/h10H,2-6H2,1H3. The lowest BCUT2D eigenvalue weighted by Crippen LogP contribution is -2.38. The van der Waals surface area contributed by atoms with Crippen molar-refractivity contribution in [3.05, 3.63) is 0 Å². The fourth-order valence-corrected chi connectivity index (χ4v) is 1.41. The first-order chi connectivity index (χ1) is 5.16. The van der Waals surface area contributed by atoms with E-state index in [0.29, 0.717) is 32.3 Å². The Bertz CT molecular complexity index is 143. The maximum Gasteiger partial charge on any atom is 0.133 e. The van der Waals surface area contributed by atoms with E-state index >= 15 is 0 Å². The summed E-state index contributed by atoms with van der Waals surface area (Å²) in [4.78, 5) is 10.8. The Hall–Kier alpha value is -0.410. The number of carbonyl (C=O) groups excluding carboxylic acids is 1. The zero-order valence-corrected chi connectivity index (χ0v) is 6.80. The number of methoxy groups -OCH3 is 1. The Morgan fingerprint density at radius 3 is 2.55 bits per heavy atom. The normalized spacial score (nSPS) is 23.6. The van der Waals surface area contributed by atoms with E-state index in [1.807, 2.05) is 0 Å². The van der Waals surface area contributed by atoms with E-state index < -0.39 is 5.60 Å². The first-order valence-electron chi connectivity index (χ1n) is 3.89. The van der Waals surface area contributed by atoms with Crippen LogP contribution in [-0.2, 0) is 9.53 Å². The van der Waals surface area contributed by atoms with Crippen LogP contribution in [0.4, 0.5) is 0 Å². The van der Waals surface area contributed by atoms with Crippen LogP contribution in [0.15, 0.2) is 0 Å². The van der Waals surface area contributed by atoms with Crippen LogP contribution >= 0.6 is 0 Å². The van der Waals surface area contributed by atoms with Crippen LogP contribution in [0.1, 0.15) is 25.7 Å². The molecule has 0 amide bonds. The van der Waals surface area contributed by atoms with Crippen molar-refractivity contribution in [3.63, 3.8) is 0 Å². The Morgan fingerprint density at radius 2 is 2.09 bits per heavy atom. The molecule has 0 heterocycles. The molecule has 1 N–H and O–H groups in total. The summed E-state index contributed by atoms with van der Waals surface area (Å²) in [5.41, 5.74) is -0.733. The van der Waals surface area contributed by atoms with Gasteiger partial charge in [0.2, 0.25) is 0 Å². The van der Waals surface area contributed by atoms with Crippen LogP contribution in [-0.4, -0.2) is 30.2 Å². The Kier molecular flexibility index (Phi) is 2.62. The van der Waals surface area contributed by atoms with Gasteiger partial charge in [0.25, 0.3) is 0 Å². The van der Waals surface area contributed by atoms with E-state index in [9.17, 15) is 9.90 Å². The van der Waals surface area contributed by atoms with E-state index in [2.05, 4.69) is 0 Å². The van der Waals surface area contributed by atoms with Crippen LogP contribution in [0.2, 0.25) is 0 Å². The van der Waals surface area contributed by atoms with Gasteiger partial charge in [-0.05, 0) is 12.8 Å². The van der Waals surface area contributed by atoms with Crippen LogP contribution in [0, 0.1) is 0 Å². The number of aliphatic hydroxyl groups is 1. The molecule has 0 aromatic heterocycles. The highest BCUT2D eigenvalue weighted by molar-refractivity contribution is 5.79. The molecular formula is C8H14O3. The van der Waals surface area contributed by atoms with Gasteiger partial charge in [0.15, 0.2) is 0 Å². The summed E-state index contributed by atoms with van der Waals surface area (Å²) >= 11 is 0. The Labute approximate surface area is 66.4 Å². The molecule has 0 atom stereocenters. The van der Waals surface area contributed by atoms with E-state index in [1.165, 1.54) is 0 Å². The summed E-state index contributed by atoms with van der Waals surface area (Å²) in [5.74, 6) is 0.255. The minimum absolute atomic E-state index is 0.255. The van der Waals surface area contributed by atoms with Gasteiger partial charge in [-0.1, -0.05) is 0 Å². The quantitative estimate of drug-likeness (QED) is 0.636. The van der Waals surface area contributed by atoms with Crippen molar-refractivity contribution >= 4 is 5.78 Å². The first kappa shape index (κ1) is 8.68. The van der Waals surface area contributed by atoms with Gasteiger partial charge < -0.3 is 9.84 Å². The fraction of sp³-hybridized carbons (Fsp3) is 0.875. The molecule has 0 radical (unpaired) electrons. The zero-order valence-electron chi connectivity index (χ0n) is 6.80. The summed E-state index contributed by atoms with van der Waals surface area (Å²) in [6, 6.07) is 0. The van der Waals surface area contributed by atoms with Crippen LogP contribution in [0.5, 0.6) is 0 Å². The van der Waals surface area contributed by atoms with E-state index in [4.69, 9.17) is 4.74 Å². The molecule has 0 unspecified atom stereocenters. The summed E-state index contributed by atoms with van der Waals surface area (Å²) in [7, 11) is 1.56. The number of ether oxygens (including phenoxy) is 1. The third-order valence-electron chi connectivity index (χ3n) is 2.15. The van der Waals surface area contributed by atoms with Gasteiger partial charge in [-0.3, -0.25) is 4.79 Å². The van der Waals surface area contributed by atoms with Crippen LogP contribution in [0.25, 0.3) is 0 Å². The Morgan fingerprint density at radius 1 is 1.55 bits per heavy atom. The highest BCUT2D eigenvalue weighted by Gasteiger charge is 2.31. The molecular weight excluding hydrogens is 144 g/mol. The monoisotopic (exact) mass is 158 g/mol.